The molecule has 2 aromatic carbocycles. The highest BCUT2D eigenvalue weighted by atomic mass is 35.5. The third-order valence-corrected chi connectivity index (χ3v) is 3.77. The van der Waals surface area contributed by atoms with Gasteiger partial charge in [0.05, 0.1) is 11.7 Å². The van der Waals surface area contributed by atoms with Crippen LogP contribution in [0.2, 0.25) is 5.02 Å². The lowest BCUT2D eigenvalue weighted by atomic mass is 10.0. The number of nitrogens with zero attached hydrogens (tertiary/aromatic N) is 1. The van der Waals surface area contributed by atoms with Crippen molar-refractivity contribution in [2.45, 2.75) is 13.0 Å². The minimum atomic E-state index is -1.28. The minimum Gasteiger partial charge on any atom is -0.478 e. The maximum absolute atomic E-state index is 13.8. The number of benzene rings is 2. The van der Waals surface area contributed by atoms with Gasteiger partial charge >= 0.3 is 5.97 Å². The number of carboxylic acid groups (broad SMARTS) is 1. The SMILES string of the molecule is CC(c1ccc(Cl)cc1)N(C)c1cccc(F)c1C(=O)O. The average molecular weight is 308 g/mol. The Hall–Kier alpha value is -2.07. The summed E-state index contributed by atoms with van der Waals surface area (Å²) in [5.41, 5.74) is 0.980. The molecule has 0 amide bonds. The number of carboxylic acids is 1. The van der Waals surface area contributed by atoms with Gasteiger partial charge in [-0.25, -0.2) is 9.18 Å². The summed E-state index contributed by atoms with van der Waals surface area (Å²) >= 11 is 5.86. The Balaban J connectivity index is 2.40. The van der Waals surface area contributed by atoms with E-state index in [1.54, 1.807) is 30.1 Å². The Morgan fingerprint density at radius 1 is 1.24 bits per heavy atom. The van der Waals surface area contributed by atoms with Crippen molar-refractivity contribution < 1.29 is 14.3 Å². The molecule has 1 unspecified atom stereocenters. The molecule has 0 saturated heterocycles. The van der Waals surface area contributed by atoms with Crippen LogP contribution in [0.1, 0.15) is 28.9 Å². The first-order valence-corrected chi connectivity index (χ1v) is 6.79. The van der Waals surface area contributed by atoms with Crippen molar-refractivity contribution >= 4 is 23.3 Å². The summed E-state index contributed by atoms with van der Waals surface area (Å²) in [5, 5.41) is 9.83. The molecular weight excluding hydrogens is 293 g/mol. The van der Waals surface area contributed by atoms with E-state index < -0.39 is 11.8 Å². The summed E-state index contributed by atoms with van der Waals surface area (Å²) in [5.74, 6) is -2.02. The highest BCUT2D eigenvalue weighted by Crippen LogP contribution is 2.30. The lowest BCUT2D eigenvalue weighted by molar-refractivity contribution is 0.0692. The molecule has 1 atom stereocenters. The second kappa shape index (κ2) is 6.14. The summed E-state index contributed by atoms with van der Waals surface area (Å²) in [6.45, 7) is 1.92. The number of rotatable bonds is 4. The highest BCUT2D eigenvalue weighted by molar-refractivity contribution is 6.30. The van der Waals surface area contributed by atoms with Crippen LogP contribution in [0.4, 0.5) is 10.1 Å². The lowest BCUT2D eigenvalue weighted by Gasteiger charge is -2.28. The normalized spacial score (nSPS) is 12.0. The molecule has 0 spiro atoms. The second-order valence-electron chi connectivity index (χ2n) is 4.78. The molecular formula is C16H15ClFNO2. The topological polar surface area (TPSA) is 40.5 Å². The predicted molar refractivity (Wildman–Crippen MR) is 81.6 cm³/mol. The molecule has 3 nitrogen and oxygen atoms in total. The van der Waals surface area contributed by atoms with E-state index in [9.17, 15) is 14.3 Å². The minimum absolute atomic E-state index is 0.123. The highest BCUT2D eigenvalue weighted by Gasteiger charge is 2.21. The van der Waals surface area contributed by atoms with Gasteiger partial charge in [-0.15, -0.1) is 0 Å². The largest absolute Gasteiger partial charge is 0.478 e. The van der Waals surface area contributed by atoms with Crippen LogP contribution in [0.15, 0.2) is 42.5 Å². The Labute approximate surface area is 127 Å². The van der Waals surface area contributed by atoms with Crippen LogP contribution >= 0.6 is 11.6 Å². The predicted octanol–water partition coefficient (Wildman–Crippen LogP) is 4.37. The fourth-order valence-corrected chi connectivity index (χ4v) is 2.32. The van der Waals surface area contributed by atoms with Gasteiger partial charge in [-0.2, -0.15) is 0 Å². The maximum Gasteiger partial charge on any atom is 0.340 e. The zero-order valence-electron chi connectivity index (χ0n) is 11.7. The first-order valence-electron chi connectivity index (χ1n) is 6.42. The van der Waals surface area contributed by atoms with Crippen molar-refractivity contribution in [3.05, 3.63) is 64.4 Å². The molecule has 0 aliphatic carbocycles. The van der Waals surface area contributed by atoms with Crippen molar-refractivity contribution in [2.24, 2.45) is 0 Å². The molecule has 2 aromatic rings. The first-order chi connectivity index (χ1) is 9.91. The smallest absolute Gasteiger partial charge is 0.340 e. The molecule has 5 heteroatoms. The van der Waals surface area contributed by atoms with Crippen LogP contribution in [0, 0.1) is 5.82 Å². The van der Waals surface area contributed by atoms with Crippen LogP contribution in [-0.2, 0) is 0 Å². The van der Waals surface area contributed by atoms with Crippen LogP contribution in [0.5, 0.6) is 0 Å². The Morgan fingerprint density at radius 3 is 2.43 bits per heavy atom. The molecule has 0 aliphatic heterocycles. The van der Waals surface area contributed by atoms with Gasteiger partial charge in [0, 0.05) is 12.1 Å². The van der Waals surface area contributed by atoms with E-state index in [1.807, 2.05) is 19.1 Å². The van der Waals surface area contributed by atoms with Gasteiger partial charge < -0.3 is 10.0 Å². The van der Waals surface area contributed by atoms with Crippen molar-refractivity contribution in [1.82, 2.24) is 0 Å². The molecule has 110 valence electrons. The van der Waals surface area contributed by atoms with Gasteiger partial charge in [-0.05, 0) is 36.8 Å². The molecule has 0 saturated carbocycles. The maximum atomic E-state index is 13.8. The van der Waals surface area contributed by atoms with E-state index in [0.29, 0.717) is 10.7 Å². The average Bonchev–Trinajstić information content (AvgIpc) is 2.46. The molecule has 1 N–H and O–H groups in total. The quantitative estimate of drug-likeness (QED) is 0.911. The number of anilines is 1. The number of aromatic carboxylic acids is 1. The van der Waals surface area contributed by atoms with E-state index in [2.05, 4.69) is 0 Å². The molecule has 0 radical (unpaired) electrons. The number of hydrogen-bond donors (Lipinski definition) is 1. The summed E-state index contributed by atoms with van der Waals surface area (Å²) in [7, 11) is 1.74. The fraction of sp³-hybridized carbons (Fsp3) is 0.188. The van der Waals surface area contributed by atoms with Crippen LogP contribution in [-0.4, -0.2) is 18.1 Å². The number of carbonyl (C=O) groups is 1. The van der Waals surface area contributed by atoms with Crippen molar-refractivity contribution in [3.63, 3.8) is 0 Å². The molecule has 0 heterocycles. The Kier molecular flexibility index (Phi) is 4.48. The molecule has 0 aromatic heterocycles. The van der Waals surface area contributed by atoms with Crippen molar-refractivity contribution in [1.29, 1.82) is 0 Å². The second-order valence-corrected chi connectivity index (χ2v) is 5.21. The van der Waals surface area contributed by atoms with E-state index in [1.165, 1.54) is 6.07 Å². The van der Waals surface area contributed by atoms with Crippen LogP contribution in [0.25, 0.3) is 0 Å². The number of halogens is 2. The number of hydrogen-bond acceptors (Lipinski definition) is 2. The van der Waals surface area contributed by atoms with E-state index in [0.717, 1.165) is 11.6 Å². The van der Waals surface area contributed by atoms with Gasteiger partial charge in [0.2, 0.25) is 0 Å². The molecule has 0 bridgehead atoms. The fourth-order valence-electron chi connectivity index (χ4n) is 2.19. The zero-order valence-corrected chi connectivity index (χ0v) is 12.4. The Bertz CT molecular complexity index is 658. The van der Waals surface area contributed by atoms with E-state index in [4.69, 9.17) is 11.6 Å². The summed E-state index contributed by atoms with van der Waals surface area (Å²) in [4.78, 5) is 13.0. The summed E-state index contributed by atoms with van der Waals surface area (Å²) < 4.78 is 13.8. The van der Waals surface area contributed by atoms with Gasteiger partial charge in [-0.1, -0.05) is 29.8 Å². The van der Waals surface area contributed by atoms with Gasteiger partial charge in [-0.3, -0.25) is 0 Å². The molecule has 0 aliphatic rings. The van der Waals surface area contributed by atoms with Gasteiger partial charge in [0.15, 0.2) is 0 Å². The van der Waals surface area contributed by atoms with Gasteiger partial charge in [0.25, 0.3) is 0 Å². The summed E-state index contributed by atoms with van der Waals surface area (Å²) in [6.07, 6.45) is 0. The molecule has 21 heavy (non-hydrogen) atoms. The van der Waals surface area contributed by atoms with Crippen LogP contribution < -0.4 is 4.90 Å². The monoisotopic (exact) mass is 307 g/mol. The molecule has 0 fully saturated rings. The third-order valence-electron chi connectivity index (χ3n) is 3.52. The van der Waals surface area contributed by atoms with E-state index >= 15 is 0 Å². The van der Waals surface area contributed by atoms with E-state index in [-0.39, 0.29) is 11.6 Å². The van der Waals surface area contributed by atoms with Gasteiger partial charge in [0.1, 0.15) is 11.4 Å². The van der Waals surface area contributed by atoms with Crippen molar-refractivity contribution in [3.8, 4) is 0 Å². The van der Waals surface area contributed by atoms with Crippen molar-refractivity contribution in [2.75, 3.05) is 11.9 Å². The zero-order chi connectivity index (χ0) is 15.6. The van der Waals surface area contributed by atoms with Crippen LogP contribution in [0.3, 0.4) is 0 Å². The third kappa shape index (κ3) is 3.16. The molecule has 2 rings (SSSR count). The Morgan fingerprint density at radius 2 is 1.86 bits per heavy atom. The lowest BCUT2D eigenvalue weighted by Crippen LogP contribution is -2.24. The summed E-state index contributed by atoms with van der Waals surface area (Å²) in [6, 6.07) is 11.4. The first kappa shape index (κ1) is 15.3. The standard InChI is InChI=1S/C16H15ClFNO2/c1-10(11-6-8-12(17)9-7-11)19(2)14-5-3-4-13(18)15(14)16(20)21/h3-10H,1-2H3,(H,20,21).